The van der Waals surface area contributed by atoms with Crippen molar-refractivity contribution < 1.29 is 0 Å². The second kappa shape index (κ2) is 6.49. The van der Waals surface area contributed by atoms with Crippen molar-refractivity contribution in [2.45, 2.75) is 39.7 Å². The standard InChI is InChI=1S/C15H22N6/c1-9(2)13-19-14(10(3)15(20-13)21-16)18-11(4)12-6-5-7-17-8-12/h5-9,11H,16H2,1-4H3,(H2,18,19,20,21). The van der Waals surface area contributed by atoms with E-state index in [0.717, 1.165) is 22.8 Å². The third-order valence-electron chi connectivity index (χ3n) is 3.35. The lowest BCUT2D eigenvalue weighted by molar-refractivity contribution is 0.765. The summed E-state index contributed by atoms with van der Waals surface area (Å²) in [5.41, 5.74) is 4.64. The first-order valence-corrected chi connectivity index (χ1v) is 7.04. The number of rotatable bonds is 5. The molecule has 2 rings (SSSR count). The van der Waals surface area contributed by atoms with Crippen LogP contribution in [0, 0.1) is 6.92 Å². The first kappa shape index (κ1) is 15.2. The van der Waals surface area contributed by atoms with Crippen LogP contribution in [0.2, 0.25) is 0 Å². The van der Waals surface area contributed by atoms with Crippen LogP contribution >= 0.6 is 0 Å². The monoisotopic (exact) mass is 286 g/mol. The summed E-state index contributed by atoms with van der Waals surface area (Å²) >= 11 is 0. The lowest BCUT2D eigenvalue weighted by atomic mass is 10.1. The molecule has 4 N–H and O–H groups in total. The summed E-state index contributed by atoms with van der Waals surface area (Å²) in [7, 11) is 0. The zero-order valence-corrected chi connectivity index (χ0v) is 12.9. The molecule has 0 aliphatic rings. The molecule has 0 bridgehead atoms. The molecule has 0 aromatic carbocycles. The maximum absolute atomic E-state index is 5.55. The number of aromatic nitrogens is 3. The lowest BCUT2D eigenvalue weighted by Gasteiger charge is -2.19. The highest BCUT2D eigenvalue weighted by atomic mass is 15.3. The number of nitrogen functional groups attached to an aromatic ring is 1. The molecular weight excluding hydrogens is 264 g/mol. The van der Waals surface area contributed by atoms with Crippen LogP contribution in [0.4, 0.5) is 11.6 Å². The Hall–Kier alpha value is -2.21. The van der Waals surface area contributed by atoms with Gasteiger partial charge < -0.3 is 10.7 Å². The van der Waals surface area contributed by atoms with Gasteiger partial charge in [-0.25, -0.2) is 15.8 Å². The van der Waals surface area contributed by atoms with Gasteiger partial charge in [-0.2, -0.15) is 0 Å². The predicted molar refractivity (Wildman–Crippen MR) is 84.9 cm³/mol. The summed E-state index contributed by atoms with van der Waals surface area (Å²) in [5, 5.41) is 3.41. The molecule has 0 saturated carbocycles. The van der Waals surface area contributed by atoms with Crippen LogP contribution in [0.25, 0.3) is 0 Å². The lowest BCUT2D eigenvalue weighted by Crippen LogP contribution is -2.16. The van der Waals surface area contributed by atoms with Crippen LogP contribution in [-0.4, -0.2) is 15.0 Å². The summed E-state index contributed by atoms with van der Waals surface area (Å²) in [5.74, 6) is 7.98. The van der Waals surface area contributed by atoms with E-state index in [4.69, 9.17) is 5.84 Å². The molecule has 2 aromatic heterocycles. The second-order valence-electron chi connectivity index (χ2n) is 5.36. The minimum Gasteiger partial charge on any atom is -0.363 e. The third kappa shape index (κ3) is 3.46. The summed E-state index contributed by atoms with van der Waals surface area (Å²) in [6, 6.07) is 4.05. The fourth-order valence-electron chi connectivity index (χ4n) is 1.99. The molecule has 112 valence electrons. The van der Waals surface area contributed by atoms with E-state index in [1.54, 1.807) is 6.20 Å². The fraction of sp³-hybridized carbons (Fsp3) is 0.400. The summed E-state index contributed by atoms with van der Waals surface area (Å²) in [4.78, 5) is 13.2. The number of hydrogen-bond acceptors (Lipinski definition) is 6. The Morgan fingerprint density at radius 2 is 1.86 bits per heavy atom. The van der Waals surface area contributed by atoms with Crippen LogP contribution in [0.3, 0.4) is 0 Å². The maximum Gasteiger partial charge on any atom is 0.148 e. The van der Waals surface area contributed by atoms with E-state index in [9.17, 15) is 0 Å². The summed E-state index contributed by atoms with van der Waals surface area (Å²) < 4.78 is 0. The van der Waals surface area contributed by atoms with Crippen molar-refractivity contribution in [3.05, 3.63) is 41.5 Å². The van der Waals surface area contributed by atoms with Crippen LogP contribution in [-0.2, 0) is 0 Å². The molecule has 0 aliphatic carbocycles. The van der Waals surface area contributed by atoms with Crippen molar-refractivity contribution in [3.63, 3.8) is 0 Å². The molecule has 0 aliphatic heterocycles. The van der Waals surface area contributed by atoms with Crippen LogP contribution < -0.4 is 16.6 Å². The fourth-order valence-corrected chi connectivity index (χ4v) is 1.99. The first-order valence-electron chi connectivity index (χ1n) is 7.04. The quantitative estimate of drug-likeness (QED) is 0.578. The van der Waals surface area contributed by atoms with Crippen molar-refractivity contribution in [3.8, 4) is 0 Å². The molecule has 0 fully saturated rings. The summed E-state index contributed by atoms with van der Waals surface area (Å²) in [6.07, 6.45) is 3.61. The van der Waals surface area contributed by atoms with Crippen molar-refractivity contribution in [1.29, 1.82) is 0 Å². The van der Waals surface area contributed by atoms with E-state index < -0.39 is 0 Å². The normalized spacial score (nSPS) is 12.3. The Morgan fingerprint density at radius 3 is 2.43 bits per heavy atom. The van der Waals surface area contributed by atoms with Crippen molar-refractivity contribution in [1.82, 2.24) is 15.0 Å². The van der Waals surface area contributed by atoms with Gasteiger partial charge in [0.05, 0.1) is 6.04 Å². The van der Waals surface area contributed by atoms with Gasteiger partial charge in [0.25, 0.3) is 0 Å². The molecule has 2 aromatic rings. The van der Waals surface area contributed by atoms with E-state index in [2.05, 4.69) is 46.5 Å². The average molecular weight is 286 g/mol. The largest absolute Gasteiger partial charge is 0.363 e. The molecule has 1 unspecified atom stereocenters. The van der Waals surface area contributed by atoms with E-state index in [1.165, 1.54) is 0 Å². The Balaban J connectivity index is 2.32. The second-order valence-corrected chi connectivity index (χ2v) is 5.36. The number of nitrogens with zero attached hydrogens (tertiary/aromatic N) is 3. The predicted octanol–water partition coefficient (Wildman–Crippen LogP) is 2.76. The molecule has 6 heteroatoms. The molecule has 0 spiro atoms. The zero-order chi connectivity index (χ0) is 15.4. The molecule has 0 radical (unpaired) electrons. The van der Waals surface area contributed by atoms with Crippen molar-refractivity contribution in [2.75, 3.05) is 10.7 Å². The van der Waals surface area contributed by atoms with Crippen molar-refractivity contribution in [2.24, 2.45) is 5.84 Å². The Kier molecular flexibility index (Phi) is 4.70. The van der Waals surface area contributed by atoms with Crippen LogP contribution in [0.15, 0.2) is 24.5 Å². The van der Waals surface area contributed by atoms with E-state index in [1.807, 2.05) is 25.3 Å². The smallest absolute Gasteiger partial charge is 0.148 e. The highest BCUT2D eigenvalue weighted by Gasteiger charge is 2.15. The molecule has 0 amide bonds. The third-order valence-corrected chi connectivity index (χ3v) is 3.35. The number of nitrogens with one attached hydrogen (secondary N) is 2. The van der Waals surface area contributed by atoms with Gasteiger partial charge in [0, 0.05) is 23.9 Å². The summed E-state index contributed by atoms with van der Waals surface area (Å²) in [6.45, 7) is 8.12. The highest BCUT2D eigenvalue weighted by Crippen LogP contribution is 2.25. The van der Waals surface area contributed by atoms with Gasteiger partial charge in [-0.05, 0) is 25.5 Å². The molecular formula is C15H22N6. The van der Waals surface area contributed by atoms with Gasteiger partial charge in [-0.15, -0.1) is 0 Å². The van der Waals surface area contributed by atoms with E-state index in [0.29, 0.717) is 5.82 Å². The Bertz CT molecular complexity index is 597. The Morgan fingerprint density at radius 1 is 1.14 bits per heavy atom. The Labute approximate surface area is 125 Å². The van der Waals surface area contributed by atoms with Gasteiger partial charge in [0.2, 0.25) is 0 Å². The minimum absolute atomic E-state index is 0.0953. The number of nitrogens with two attached hydrogens (primary N) is 1. The molecule has 6 nitrogen and oxygen atoms in total. The maximum atomic E-state index is 5.55. The van der Waals surface area contributed by atoms with Gasteiger partial charge in [-0.1, -0.05) is 19.9 Å². The van der Waals surface area contributed by atoms with Gasteiger partial charge in [-0.3, -0.25) is 4.98 Å². The molecule has 2 heterocycles. The molecule has 1 atom stereocenters. The number of hydrazine groups is 1. The van der Waals surface area contributed by atoms with Gasteiger partial charge in [0.1, 0.15) is 17.5 Å². The first-order chi connectivity index (χ1) is 10.0. The number of anilines is 2. The topological polar surface area (TPSA) is 88.8 Å². The number of hydrogen-bond donors (Lipinski definition) is 3. The van der Waals surface area contributed by atoms with E-state index >= 15 is 0 Å². The zero-order valence-electron chi connectivity index (χ0n) is 12.9. The van der Waals surface area contributed by atoms with E-state index in [-0.39, 0.29) is 12.0 Å². The van der Waals surface area contributed by atoms with Crippen LogP contribution in [0.1, 0.15) is 49.7 Å². The number of pyridine rings is 1. The van der Waals surface area contributed by atoms with Crippen LogP contribution in [0.5, 0.6) is 0 Å². The van der Waals surface area contributed by atoms with Gasteiger partial charge >= 0.3 is 0 Å². The van der Waals surface area contributed by atoms with Gasteiger partial charge in [0.15, 0.2) is 0 Å². The highest BCUT2D eigenvalue weighted by molar-refractivity contribution is 5.57. The SMILES string of the molecule is Cc1c(NN)nc(C(C)C)nc1NC(C)c1cccnc1. The minimum atomic E-state index is 0.0953. The molecule has 0 saturated heterocycles. The average Bonchev–Trinajstić information content (AvgIpc) is 2.49. The van der Waals surface area contributed by atoms with Crippen molar-refractivity contribution >= 4 is 11.6 Å². The molecule has 21 heavy (non-hydrogen) atoms.